The molecule has 2 fully saturated rings. The van der Waals surface area contributed by atoms with Crippen LogP contribution in [-0.2, 0) is 0 Å². The number of nitrogens with zero attached hydrogens (tertiary/aromatic N) is 1. The molecule has 0 amide bonds. The van der Waals surface area contributed by atoms with Gasteiger partial charge in [0, 0.05) is 25.2 Å². The first-order valence-corrected chi connectivity index (χ1v) is 6.77. The second-order valence-corrected chi connectivity index (χ2v) is 5.44. The molecule has 15 heavy (non-hydrogen) atoms. The van der Waals surface area contributed by atoms with Crippen LogP contribution in [0.5, 0.6) is 0 Å². The molecule has 2 rings (SSSR count). The lowest BCUT2D eigenvalue weighted by atomic mass is 10.1. The van der Waals surface area contributed by atoms with E-state index in [1.54, 1.807) is 0 Å². The summed E-state index contributed by atoms with van der Waals surface area (Å²) < 4.78 is 0. The van der Waals surface area contributed by atoms with Gasteiger partial charge in [0.25, 0.3) is 0 Å². The van der Waals surface area contributed by atoms with Gasteiger partial charge in [-0.2, -0.15) is 0 Å². The fraction of sp³-hybridized carbons (Fsp3) is 1.00. The third kappa shape index (κ3) is 3.46. The number of piperazine rings is 1. The molecule has 1 aliphatic carbocycles. The van der Waals surface area contributed by atoms with Crippen molar-refractivity contribution in [1.29, 1.82) is 0 Å². The lowest BCUT2D eigenvalue weighted by Crippen LogP contribution is -2.55. The maximum atomic E-state index is 3.62. The first kappa shape index (κ1) is 11.4. The second kappa shape index (κ2) is 5.31. The van der Waals surface area contributed by atoms with E-state index in [1.807, 2.05) is 0 Å². The smallest absolute Gasteiger partial charge is 0.0193 e. The first-order chi connectivity index (χ1) is 7.29. The molecule has 1 saturated heterocycles. The molecule has 1 aliphatic heterocycles. The van der Waals surface area contributed by atoms with Crippen LogP contribution in [0.4, 0.5) is 0 Å². The Kier molecular flexibility index (Phi) is 4.04. The van der Waals surface area contributed by atoms with E-state index in [0.29, 0.717) is 0 Å². The molecule has 1 heterocycles. The minimum absolute atomic E-state index is 0.738. The standard InChI is InChI=1S/C13H26N2/c1-3-13-10-15(11(2)9-14-13)8-4-5-12-6-7-12/h11-14H,3-10H2,1-2H3. The zero-order valence-corrected chi connectivity index (χ0v) is 10.3. The molecule has 1 N–H and O–H groups in total. The summed E-state index contributed by atoms with van der Waals surface area (Å²) in [6.07, 6.45) is 7.19. The van der Waals surface area contributed by atoms with Crippen LogP contribution in [0, 0.1) is 5.92 Å². The van der Waals surface area contributed by atoms with Crippen molar-refractivity contribution in [2.45, 2.75) is 58.0 Å². The van der Waals surface area contributed by atoms with Gasteiger partial charge < -0.3 is 5.32 Å². The summed E-state index contributed by atoms with van der Waals surface area (Å²) in [6.45, 7) is 8.42. The molecular weight excluding hydrogens is 184 g/mol. The summed E-state index contributed by atoms with van der Waals surface area (Å²) in [5.74, 6) is 1.10. The van der Waals surface area contributed by atoms with Crippen LogP contribution in [0.3, 0.4) is 0 Å². The molecule has 0 aromatic rings. The Morgan fingerprint density at radius 2 is 2.13 bits per heavy atom. The molecule has 2 heteroatoms. The van der Waals surface area contributed by atoms with Gasteiger partial charge in [-0.25, -0.2) is 0 Å². The van der Waals surface area contributed by atoms with Gasteiger partial charge in [0.1, 0.15) is 0 Å². The third-order valence-corrected chi connectivity index (χ3v) is 4.03. The number of hydrogen-bond acceptors (Lipinski definition) is 2. The topological polar surface area (TPSA) is 15.3 Å². The lowest BCUT2D eigenvalue weighted by Gasteiger charge is -2.38. The Bertz CT molecular complexity index is 189. The fourth-order valence-electron chi connectivity index (χ4n) is 2.57. The van der Waals surface area contributed by atoms with Gasteiger partial charge >= 0.3 is 0 Å². The van der Waals surface area contributed by atoms with Crippen LogP contribution < -0.4 is 5.32 Å². The van der Waals surface area contributed by atoms with E-state index in [2.05, 4.69) is 24.1 Å². The molecule has 2 atom stereocenters. The van der Waals surface area contributed by atoms with Gasteiger partial charge in [0.15, 0.2) is 0 Å². The fourth-order valence-corrected chi connectivity index (χ4v) is 2.57. The van der Waals surface area contributed by atoms with Gasteiger partial charge in [0.05, 0.1) is 0 Å². The molecule has 2 aliphatic rings. The molecule has 2 nitrogen and oxygen atoms in total. The van der Waals surface area contributed by atoms with E-state index < -0.39 is 0 Å². The summed E-state index contributed by atoms with van der Waals surface area (Å²) >= 11 is 0. The van der Waals surface area contributed by atoms with Crippen LogP contribution in [0.25, 0.3) is 0 Å². The SMILES string of the molecule is CCC1CN(CCCC2CC2)C(C)CN1. The highest BCUT2D eigenvalue weighted by Crippen LogP contribution is 2.33. The average Bonchev–Trinajstić information content (AvgIpc) is 3.05. The quantitative estimate of drug-likeness (QED) is 0.749. The predicted molar refractivity (Wildman–Crippen MR) is 65.1 cm³/mol. The highest BCUT2D eigenvalue weighted by Gasteiger charge is 2.25. The molecule has 0 bridgehead atoms. The van der Waals surface area contributed by atoms with E-state index >= 15 is 0 Å². The van der Waals surface area contributed by atoms with E-state index in [0.717, 1.165) is 18.0 Å². The number of hydrogen-bond donors (Lipinski definition) is 1. The highest BCUT2D eigenvalue weighted by molar-refractivity contribution is 4.83. The number of rotatable bonds is 5. The molecule has 0 spiro atoms. The molecule has 0 aromatic heterocycles. The summed E-state index contributed by atoms with van der Waals surface area (Å²) in [6, 6.07) is 1.48. The molecule has 88 valence electrons. The lowest BCUT2D eigenvalue weighted by molar-refractivity contribution is 0.136. The first-order valence-electron chi connectivity index (χ1n) is 6.77. The van der Waals surface area contributed by atoms with Crippen molar-refractivity contribution in [3.05, 3.63) is 0 Å². The summed E-state index contributed by atoms with van der Waals surface area (Å²) in [4.78, 5) is 2.69. The molecule has 1 saturated carbocycles. The van der Waals surface area contributed by atoms with Gasteiger partial charge in [-0.15, -0.1) is 0 Å². The van der Waals surface area contributed by atoms with Crippen molar-refractivity contribution in [3.8, 4) is 0 Å². The normalized spacial score (nSPS) is 33.2. The maximum absolute atomic E-state index is 3.62. The maximum Gasteiger partial charge on any atom is 0.0193 e. The van der Waals surface area contributed by atoms with Crippen molar-refractivity contribution in [2.24, 2.45) is 5.92 Å². The molecule has 0 aromatic carbocycles. The Hall–Kier alpha value is -0.0800. The zero-order valence-electron chi connectivity index (χ0n) is 10.3. The van der Waals surface area contributed by atoms with Crippen LogP contribution >= 0.6 is 0 Å². The Morgan fingerprint density at radius 3 is 2.80 bits per heavy atom. The predicted octanol–water partition coefficient (Wildman–Crippen LogP) is 2.25. The Labute approximate surface area is 94.4 Å². The minimum Gasteiger partial charge on any atom is -0.311 e. The van der Waals surface area contributed by atoms with Crippen LogP contribution in [0.1, 0.15) is 46.0 Å². The van der Waals surface area contributed by atoms with Crippen LogP contribution in [0.2, 0.25) is 0 Å². The monoisotopic (exact) mass is 210 g/mol. The summed E-state index contributed by atoms with van der Waals surface area (Å²) in [5.41, 5.74) is 0. The molecule has 0 radical (unpaired) electrons. The van der Waals surface area contributed by atoms with Gasteiger partial charge in [-0.3, -0.25) is 4.90 Å². The largest absolute Gasteiger partial charge is 0.311 e. The van der Waals surface area contributed by atoms with Gasteiger partial charge in [-0.05, 0) is 38.6 Å². The summed E-state index contributed by atoms with van der Waals surface area (Å²) in [7, 11) is 0. The molecular formula is C13H26N2. The van der Waals surface area contributed by atoms with Crippen molar-refractivity contribution >= 4 is 0 Å². The van der Waals surface area contributed by atoms with Crippen molar-refractivity contribution < 1.29 is 0 Å². The van der Waals surface area contributed by atoms with Crippen molar-refractivity contribution in [3.63, 3.8) is 0 Å². The van der Waals surface area contributed by atoms with Crippen LogP contribution in [-0.4, -0.2) is 36.6 Å². The Balaban J connectivity index is 1.67. The molecule has 2 unspecified atom stereocenters. The van der Waals surface area contributed by atoms with E-state index in [1.165, 1.54) is 51.7 Å². The Morgan fingerprint density at radius 1 is 1.33 bits per heavy atom. The highest BCUT2D eigenvalue weighted by atomic mass is 15.2. The summed E-state index contributed by atoms with van der Waals surface area (Å²) in [5, 5.41) is 3.62. The van der Waals surface area contributed by atoms with Crippen molar-refractivity contribution in [1.82, 2.24) is 10.2 Å². The third-order valence-electron chi connectivity index (χ3n) is 4.03. The van der Waals surface area contributed by atoms with E-state index in [9.17, 15) is 0 Å². The van der Waals surface area contributed by atoms with E-state index in [4.69, 9.17) is 0 Å². The minimum atomic E-state index is 0.738. The second-order valence-electron chi connectivity index (χ2n) is 5.44. The zero-order chi connectivity index (χ0) is 10.7. The number of nitrogens with one attached hydrogen (secondary N) is 1. The van der Waals surface area contributed by atoms with Crippen LogP contribution in [0.15, 0.2) is 0 Å². The van der Waals surface area contributed by atoms with E-state index in [-0.39, 0.29) is 0 Å². The average molecular weight is 210 g/mol. The van der Waals surface area contributed by atoms with Gasteiger partial charge in [0.2, 0.25) is 0 Å². The van der Waals surface area contributed by atoms with Crippen molar-refractivity contribution in [2.75, 3.05) is 19.6 Å². The van der Waals surface area contributed by atoms with Gasteiger partial charge in [-0.1, -0.05) is 19.8 Å².